The van der Waals surface area contributed by atoms with Crippen LogP contribution >= 0.6 is 0 Å². The van der Waals surface area contributed by atoms with Crippen LogP contribution in [-0.4, -0.2) is 28.0 Å². The number of aryl methyl sites for hydroxylation is 2. The maximum atomic E-state index is 13.8. The quantitative estimate of drug-likeness (QED) is 0.630. The molecule has 1 aromatic carbocycles. The summed E-state index contributed by atoms with van der Waals surface area (Å²) in [5.41, 5.74) is 2.91. The summed E-state index contributed by atoms with van der Waals surface area (Å²) >= 11 is 0. The number of rotatable bonds is 3. The van der Waals surface area contributed by atoms with Crippen LogP contribution in [0.1, 0.15) is 22.5 Å². The van der Waals surface area contributed by atoms with Gasteiger partial charge in [-0.15, -0.1) is 0 Å². The lowest BCUT2D eigenvalue weighted by atomic mass is 10.0. The zero-order valence-corrected chi connectivity index (χ0v) is 14.9. The second-order valence-corrected chi connectivity index (χ2v) is 7.02. The van der Waals surface area contributed by atoms with Gasteiger partial charge in [0.15, 0.2) is 0 Å². The van der Waals surface area contributed by atoms with Crippen LogP contribution in [0.25, 0.3) is 10.9 Å². The van der Waals surface area contributed by atoms with E-state index in [1.165, 1.54) is 12.3 Å². The van der Waals surface area contributed by atoms with Crippen molar-refractivity contribution < 1.29 is 17.6 Å². The first-order valence-corrected chi connectivity index (χ1v) is 8.83. The van der Waals surface area contributed by atoms with E-state index in [1.807, 2.05) is 7.05 Å². The molecule has 7 heteroatoms. The molecule has 0 N–H and O–H groups in total. The van der Waals surface area contributed by atoms with Gasteiger partial charge < -0.3 is 9.47 Å². The predicted molar refractivity (Wildman–Crippen MR) is 94.9 cm³/mol. The average molecular weight is 377 g/mol. The van der Waals surface area contributed by atoms with Gasteiger partial charge in [0.25, 0.3) is 0 Å². The van der Waals surface area contributed by atoms with Gasteiger partial charge in [0.2, 0.25) is 0 Å². The van der Waals surface area contributed by atoms with Crippen molar-refractivity contribution in [1.82, 2.24) is 14.5 Å². The van der Waals surface area contributed by atoms with Gasteiger partial charge in [0, 0.05) is 48.8 Å². The van der Waals surface area contributed by atoms with E-state index < -0.39 is 11.9 Å². The second kappa shape index (κ2) is 6.64. The van der Waals surface area contributed by atoms with Crippen LogP contribution in [0, 0.1) is 5.82 Å². The zero-order valence-electron chi connectivity index (χ0n) is 14.9. The van der Waals surface area contributed by atoms with Gasteiger partial charge in [-0.2, -0.15) is 13.2 Å². The SMILES string of the molecule is CN1CCc2c(c3cc(F)ccc3n2CCc2ccnc(C(F)(F)F)c2)C1. The summed E-state index contributed by atoms with van der Waals surface area (Å²) in [5.74, 6) is -0.278. The van der Waals surface area contributed by atoms with Gasteiger partial charge in [-0.25, -0.2) is 4.39 Å². The minimum Gasteiger partial charge on any atom is -0.344 e. The van der Waals surface area contributed by atoms with E-state index in [1.54, 1.807) is 18.2 Å². The number of hydrogen-bond acceptors (Lipinski definition) is 2. The van der Waals surface area contributed by atoms with Crippen LogP contribution in [0.4, 0.5) is 17.6 Å². The van der Waals surface area contributed by atoms with E-state index in [9.17, 15) is 17.6 Å². The minimum absolute atomic E-state index is 0.278. The molecule has 3 aromatic rings. The molecule has 0 aliphatic carbocycles. The van der Waals surface area contributed by atoms with Crippen molar-refractivity contribution in [2.75, 3.05) is 13.6 Å². The maximum absolute atomic E-state index is 13.8. The first-order chi connectivity index (χ1) is 12.8. The molecule has 0 saturated heterocycles. The third kappa shape index (κ3) is 3.43. The molecule has 1 aliphatic heterocycles. The van der Waals surface area contributed by atoms with E-state index in [0.717, 1.165) is 47.7 Å². The lowest BCUT2D eigenvalue weighted by molar-refractivity contribution is -0.141. The minimum atomic E-state index is -4.45. The summed E-state index contributed by atoms with van der Waals surface area (Å²) in [5, 5.41) is 0.891. The number of pyridine rings is 1. The van der Waals surface area contributed by atoms with Gasteiger partial charge in [-0.1, -0.05) is 0 Å². The molecular formula is C20H19F4N3. The Morgan fingerprint density at radius 1 is 1.15 bits per heavy atom. The molecule has 3 heterocycles. The van der Waals surface area contributed by atoms with Crippen molar-refractivity contribution in [3.05, 3.63) is 64.9 Å². The van der Waals surface area contributed by atoms with Crippen molar-refractivity contribution in [3.63, 3.8) is 0 Å². The van der Waals surface area contributed by atoms with Crippen LogP contribution in [0.5, 0.6) is 0 Å². The number of likely N-dealkylation sites (N-methyl/N-ethyl adjacent to an activating group) is 1. The van der Waals surface area contributed by atoms with Crippen molar-refractivity contribution in [2.45, 2.75) is 32.1 Å². The number of hydrogen-bond donors (Lipinski definition) is 0. The van der Waals surface area contributed by atoms with E-state index >= 15 is 0 Å². The lowest BCUT2D eigenvalue weighted by Crippen LogP contribution is -2.27. The number of alkyl halides is 3. The molecule has 0 saturated carbocycles. The van der Waals surface area contributed by atoms with Crippen LogP contribution in [0.15, 0.2) is 36.5 Å². The third-order valence-electron chi connectivity index (χ3n) is 5.15. The van der Waals surface area contributed by atoms with Crippen molar-refractivity contribution >= 4 is 10.9 Å². The van der Waals surface area contributed by atoms with E-state index in [0.29, 0.717) is 18.5 Å². The Balaban J connectivity index is 1.69. The average Bonchev–Trinajstić information content (AvgIpc) is 2.92. The zero-order chi connectivity index (χ0) is 19.2. The van der Waals surface area contributed by atoms with Gasteiger partial charge in [-0.3, -0.25) is 4.98 Å². The van der Waals surface area contributed by atoms with Gasteiger partial charge in [-0.05, 0) is 54.9 Å². The molecule has 27 heavy (non-hydrogen) atoms. The molecule has 0 amide bonds. The van der Waals surface area contributed by atoms with Crippen molar-refractivity contribution in [1.29, 1.82) is 0 Å². The van der Waals surface area contributed by atoms with E-state index in [4.69, 9.17) is 0 Å². The Bertz CT molecular complexity index is 991. The highest BCUT2D eigenvalue weighted by Crippen LogP contribution is 2.32. The normalized spacial score (nSPS) is 15.3. The largest absolute Gasteiger partial charge is 0.433 e. The number of fused-ring (bicyclic) bond motifs is 3. The van der Waals surface area contributed by atoms with Crippen molar-refractivity contribution in [3.8, 4) is 0 Å². The highest BCUT2D eigenvalue weighted by atomic mass is 19.4. The number of aromatic nitrogens is 2. The Kier molecular flexibility index (Phi) is 4.42. The lowest BCUT2D eigenvalue weighted by Gasteiger charge is -2.24. The molecular weight excluding hydrogens is 358 g/mol. The van der Waals surface area contributed by atoms with Gasteiger partial charge >= 0.3 is 6.18 Å². The molecule has 0 atom stereocenters. The summed E-state index contributed by atoms with van der Waals surface area (Å²) in [6.45, 7) is 2.19. The summed E-state index contributed by atoms with van der Waals surface area (Å²) < 4.78 is 54.6. The van der Waals surface area contributed by atoms with Crippen LogP contribution in [0.2, 0.25) is 0 Å². The molecule has 0 bridgehead atoms. The van der Waals surface area contributed by atoms with Crippen LogP contribution in [-0.2, 0) is 32.1 Å². The number of nitrogens with zero attached hydrogens (tertiary/aromatic N) is 3. The number of halogens is 4. The fourth-order valence-electron chi connectivity index (χ4n) is 3.84. The molecule has 3 nitrogen and oxygen atoms in total. The third-order valence-corrected chi connectivity index (χ3v) is 5.15. The Labute approximate surface area is 154 Å². The molecule has 0 spiro atoms. The molecule has 0 unspecified atom stereocenters. The monoisotopic (exact) mass is 377 g/mol. The second-order valence-electron chi connectivity index (χ2n) is 7.02. The number of benzene rings is 1. The molecule has 0 radical (unpaired) electrons. The first-order valence-electron chi connectivity index (χ1n) is 8.83. The van der Waals surface area contributed by atoms with E-state index in [2.05, 4.69) is 14.5 Å². The Morgan fingerprint density at radius 2 is 1.96 bits per heavy atom. The highest BCUT2D eigenvalue weighted by Gasteiger charge is 2.32. The van der Waals surface area contributed by atoms with Crippen LogP contribution in [0.3, 0.4) is 0 Å². The summed E-state index contributed by atoms with van der Waals surface area (Å²) in [6.07, 6.45) is -1.95. The predicted octanol–water partition coefficient (Wildman–Crippen LogP) is 4.42. The van der Waals surface area contributed by atoms with Crippen molar-refractivity contribution in [2.24, 2.45) is 0 Å². The summed E-state index contributed by atoms with van der Waals surface area (Å²) in [7, 11) is 2.03. The van der Waals surface area contributed by atoms with Gasteiger partial charge in [0.05, 0.1) is 0 Å². The van der Waals surface area contributed by atoms with Crippen LogP contribution < -0.4 is 0 Å². The fraction of sp³-hybridized carbons (Fsp3) is 0.350. The topological polar surface area (TPSA) is 21.1 Å². The first kappa shape index (κ1) is 18.0. The smallest absolute Gasteiger partial charge is 0.344 e. The summed E-state index contributed by atoms with van der Waals surface area (Å²) in [6, 6.07) is 7.46. The van der Waals surface area contributed by atoms with Gasteiger partial charge in [0.1, 0.15) is 11.5 Å². The Morgan fingerprint density at radius 3 is 2.74 bits per heavy atom. The highest BCUT2D eigenvalue weighted by molar-refractivity contribution is 5.86. The molecule has 4 rings (SSSR count). The molecule has 2 aromatic heterocycles. The maximum Gasteiger partial charge on any atom is 0.433 e. The molecule has 0 fully saturated rings. The summed E-state index contributed by atoms with van der Waals surface area (Å²) in [4.78, 5) is 5.60. The molecule has 142 valence electrons. The fourth-order valence-corrected chi connectivity index (χ4v) is 3.84. The van der Waals surface area contributed by atoms with E-state index in [-0.39, 0.29) is 5.82 Å². The molecule has 1 aliphatic rings. The Hall–Kier alpha value is -2.41. The standard InChI is InChI=1S/C20H19F4N3/c1-26-8-6-18-16(12-26)15-11-14(21)2-3-17(15)27(18)9-5-13-4-7-25-19(10-13)20(22,23)24/h2-4,7,10-11H,5-6,8-9,12H2,1H3.